The highest BCUT2D eigenvalue weighted by Gasteiger charge is 2.22. The average Bonchev–Trinajstić information content (AvgIpc) is 2.64. The molecule has 2 aromatic rings. The summed E-state index contributed by atoms with van der Waals surface area (Å²) in [5.41, 5.74) is 3.01. The number of carbonyl (C=O) groups is 1. The second-order valence-electron chi connectivity index (χ2n) is 6.44. The highest BCUT2D eigenvalue weighted by atomic mass is 16.2. The number of hydrogen-bond donors (Lipinski definition) is 1. The molecule has 7 heteroatoms. The van der Waals surface area contributed by atoms with Crippen LogP contribution in [0.4, 0.5) is 22.0 Å². The minimum Gasteiger partial charge on any atom is -0.376 e. The zero-order valence-corrected chi connectivity index (χ0v) is 14.9. The van der Waals surface area contributed by atoms with Gasteiger partial charge in [-0.15, -0.1) is 5.10 Å². The van der Waals surface area contributed by atoms with Gasteiger partial charge in [-0.2, -0.15) is 5.10 Å². The molecule has 1 aliphatic heterocycles. The van der Waals surface area contributed by atoms with E-state index in [2.05, 4.69) is 20.4 Å². The Morgan fingerprint density at radius 3 is 2.44 bits per heavy atom. The average molecular weight is 340 g/mol. The fourth-order valence-electron chi connectivity index (χ4n) is 2.72. The lowest BCUT2D eigenvalue weighted by atomic mass is 10.2. The van der Waals surface area contributed by atoms with Crippen molar-refractivity contribution in [2.75, 3.05) is 55.4 Å². The zero-order valence-electron chi connectivity index (χ0n) is 14.9. The summed E-state index contributed by atoms with van der Waals surface area (Å²) in [6.07, 6.45) is 1.74. The molecule has 2 amide bonds. The highest BCUT2D eigenvalue weighted by molar-refractivity contribution is 5.89. The van der Waals surface area contributed by atoms with E-state index >= 15 is 0 Å². The third-order valence-corrected chi connectivity index (χ3v) is 4.34. The van der Waals surface area contributed by atoms with Gasteiger partial charge >= 0.3 is 6.03 Å². The van der Waals surface area contributed by atoms with Gasteiger partial charge in [-0.1, -0.05) is 17.7 Å². The number of urea groups is 1. The number of anilines is 3. The maximum atomic E-state index is 12.4. The summed E-state index contributed by atoms with van der Waals surface area (Å²) in [4.78, 5) is 18.4. The molecular weight excluding hydrogens is 316 g/mol. The Morgan fingerprint density at radius 1 is 1.12 bits per heavy atom. The number of nitrogens with one attached hydrogen (secondary N) is 1. The van der Waals surface area contributed by atoms with Crippen LogP contribution >= 0.6 is 0 Å². The second kappa shape index (κ2) is 7.38. The van der Waals surface area contributed by atoms with Gasteiger partial charge in [-0.05, 0) is 19.1 Å². The molecule has 0 spiro atoms. The fraction of sp³-hybridized carbons (Fsp3) is 0.389. The number of carbonyl (C=O) groups excluding carboxylic acids is 1. The molecule has 0 aliphatic carbocycles. The Labute approximate surface area is 148 Å². The largest absolute Gasteiger partial charge is 0.376 e. The van der Waals surface area contributed by atoms with Gasteiger partial charge in [0.1, 0.15) is 0 Å². The van der Waals surface area contributed by atoms with Gasteiger partial charge in [0.25, 0.3) is 0 Å². The lowest BCUT2D eigenvalue weighted by molar-refractivity contribution is 0.208. The summed E-state index contributed by atoms with van der Waals surface area (Å²) in [5.74, 6) is 0.852. The number of nitrogens with zero attached hydrogens (tertiary/aromatic N) is 5. The summed E-state index contributed by atoms with van der Waals surface area (Å²) in [6.45, 7) is 4.83. The third-order valence-electron chi connectivity index (χ3n) is 4.34. The molecule has 3 rings (SSSR count). The number of aryl methyl sites for hydroxylation is 1. The third kappa shape index (κ3) is 4.17. The molecule has 1 aromatic heterocycles. The smallest absolute Gasteiger partial charge is 0.321 e. The first-order chi connectivity index (χ1) is 12.0. The highest BCUT2D eigenvalue weighted by Crippen LogP contribution is 2.19. The molecule has 132 valence electrons. The number of rotatable bonds is 3. The van der Waals surface area contributed by atoms with E-state index < -0.39 is 0 Å². The zero-order chi connectivity index (χ0) is 17.8. The normalized spacial score (nSPS) is 14.4. The minimum absolute atomic E-state index is 0.0587. The van der Waals surface area contributed by atoms with Crippen LogP contribution in [0.2, 0.25) is 0 Å². The molecule has 1 N–H and O–H groups in total. The van der Waals surface area contributed by atoms with E-state index in [0.717, 1.165) is 30.3 Å². The molecule has 1 fully saturated rings. The fourth-order valence-corrected chi connectivity index (χ4v) is 2.72. The van der Waals surface area contributed by atoms with Gasteiger partial charge in [-0.25, -0.2) is 4.79 Å². The first-order valence-electron chi connectivity index (χ1n) is 8.40. The topological polar surface area (TPSA) is 64.6 Å². The Hall–Kier alpha value is -2.83. The number of hydrogen-bond acceptors (Lipinski definition) is 5. The molecule has 1 saturated heterocycles. The van der Waals surface area contributed by atoms with E-state index in [4.69, 9.17) is 0 Å². The molecule has 2 heterocycles. The summed E-state index contributed by atoms with van der Waals surface area (Å²) in [7, 11) is 3.96. The van der Waals surface area contributed by atoms with Crippen molar-refractivity contribution in [2.45, 2.75) is 6.92 Å². The molecule has 0 bridgehead atoms. The van der Waals surface area contributed by atoms with Gasteiger partial charge in [0.05, 0.1) is 11.9 Å². The van der Waals surface area contributed by atoms with Gasteiger partial charge in [0.15, 0.2) is 5.82 Å². The van der Waals surface area contributed by atoms with Gasteiger partial charge < -0.3 is 20.0 Å². The SMILES string of the molecule is Cc1ccc(NC(=O)N2CCN(c3cc(N(C)C)cnn3)CC2)cc1. The minimum atomic E-state index is -0.0587. The maximum Gasteiger partial charge on any atom is 0.321 e. The van der Waals surface area contributed by atoms with E-state index in [0.29, 0.717) is 13.1 Å². The Bertz CT molecular complexity index is 723. The van der Waals surface area contributed by atoms with Crippen LogP contribution < -0.4 is 15.1 Å². The summed E-state index contributed by atoms with van der Waals surface area (Å²) in [5, 5.41) is 11.2. The number of piperazine rings is 1. The van der Waals surface area contributed by atoms with Crippen molar-refractivity contribution >= 4 is 23.2 Å². The molecule has 0 atom stereocenters. The van der Waals surface area contributed by atoms with Crippen molar-refractivity contribution in [1.82, 2.24) is 15.1 Å². The predicted octanol–water partition coefficient (Wildman–Crippen LogP) is 2.21. The van der Waals surface area contributed by atoms with Crippen molar-refractivity contribution in [3.8, 4) is 0 Å². The van der Waals surface area contributed by atoms with E-state index in [1.54, 1.807) is 6.20 Å². The first-order valence-corrected chi connectivity index (χ1v) is 8.40. The Morgan fingerprint density at radius 2 is 1.80 bits per heavy atom. The van der Waals surface area contributed by atoms with Crippen molar-refractivity contribution in [2.24, 2.45) is 0 Å². The van der Waals surface area contributed by atoms with Crippen molar-refractivity contribution < 1.29 is 4.79 Å². The monoisotopic (exact) mass is 340 g/mol. The van der Waals surface area contributed by atoms with E-state index in [1.807, 2.05) is 61.2 Å². The molecule has 0 unspecified atom stereocenters. The molecular formula is C18H24N6O. The van der Waals surface area contributed by atoms with Crippen LogP contribution in [0.25, 0.3) is 0 Å². The molecule has 1 aliphatic rings. The van der Waals surface area contributed by atoms with E-state index in [1.165, 1.54) is 5.56 Å². The summed E-state index contributed by atoms with van der Waals surface area (Å²) < 4.78 is 0. The van der Waals surface area contributed by atoms with Gasteiger partial charge in [0, 0.05) is 52.0 Å². The van der Waals surface area contributed by atoms with Crippen LogP contribution in [0.15, 0.2) is 36.5 Å². The lowest BCUT2D eigenvalue weighted by Gasteiger charge is -2.35. The van der Waals surface area contributed by atoms with Crippen molar-refractivity contribution in [3.63, 3.8) is 0 Å². The van der Waals surface area contributed by atoms with Crippen LogP contribution in [0, 0.1) is 6.92 Å². The summed E-state index contributed by atoms with van der Waals surface area (Å²) in [6, 6.07) is 9.79. The Balaban J connectivity index is 1.57. The van der Waals surface area contributed by atoms with Crippen LogP contribution in [0.1, 0.15) is 5.56 Å². The van der Waals surface area contributed by atoms with Crippen molar-refractivity contribution in [3.05, 3.63) is 42.1 Å². The quantitative estimate of drug-likeness (QED) is 0.928. The number of benzene rings is 1. The predicted molar refractivity (Wildman–Crippen MR) is 100 cm³/mol. The Kier molecular flexibility index (Phi) is 5.02. The molecule has 0 saturated carbocycles. The van der Waals surface area contributed by atoms with Gasteiger partial charge in [0.2, 0.25) is 0 Å². The first kappa shape index (κ1) is 17.0. The van der Waals surface area contributed by atoms with Crippen LogP contribution in [0.3, 0.4) is 0 Å². The van der Waals surface area contributed by atoms with Crippen LogP contribution in [-0.2, 0) is 0 Å². The molecule has 25 heavy (non-hydrogen) atoms. The standard InChI is InChI=1S/C18H24N6O/c1-14-4-6-15(7-5-14)20-18(25)24-10-8-23(9-11-24)17-12-16(22(2)3)13-19-21-17/h4-7,12-13H,8-11H2,1-3H3,(H,20,25). The van der Waals surface area contributed by atoms with Gasteiger partial charge in [-0.3, -0.25) is 0 Å². The van der Waals surface area contributed by atoms with E-state index in [-0.39, 0.29) is 6.03 Å². The molecule has 0 radical (unpaired) electrons. The summed E-state index contributed by atoms with van der Waals surface area (Å²) >= 11 is 0. The van der Waals surface area contributed by atoms with Crippen LogP contribution in [-0.4, -0.2) is 61.4 Å². The number of amides is 2. The van der Waals surface area contributed by atoms with Crippen molar-refractivity contribution in [1.29, 1.82) is 0 Å². The molecule has 7 nitrogen and oxygen atoms in total. The molecule has 1 aromatic carbocycles. The van der Waals surface area contributed by atoms with Crippen LogP contribution in [0.5, 0.6) is 0 Å². The lowest BCUT2D eigenvalue weighted by Crippen LogP contribution is -2.50. The van der Waals surface area contributed by atoms with E-state index in [9.17, 15) is 4.79 Å². The second-order valence-corrected chi connectivity index (χ2v) is 6.44. The number of aromatic nitrogens is 2. The maximum absolute atomic E-state index is 12.4.